The van der Waals surface area contributed by atoms with Gasteiger partial charge in [-0.15, -0.1) is 22.7 Å². The number of benzene rings is 2. The van der Waals surface area contributed by atoms with Crippen LogP contribution in [0.2, 0.25) is 5.02 Å². The van der Waals surface area contributed by atoms with E-state index in [2.05, 4.69) is 5.32 Å². The average Bonchev–Trinajstić information content (AvgIpc) is 3.48. The number of nitrogens with zero attached hydrogens (tertiary/aromatic N) is 1. The maximum absolute atomic E-state index is 13.6. The molecule has 0 radical (unpaired) electrons. The van der Waals surface area contributed by atoms with Crippen LogP contribution in [0, 0.1) is 5.82 Å². The van der Waals surface area contributed by atoms with Gasteiger partial charge >= 0.3 is 0 Å². The van der Waals surface area contributed by atoms with Crippen LogP contribution in [0.1, 0.15) is 9.67 Å². The standard InChI is InChI=1S/C25H17ClFN3O2S2/c1-32-19-9-6-14(26)11-17(19)29-24(31)23-22(28)21-16(13-4-7-15(27)8-5-13)12-18(30-25(21)34-23)20-3-2-10-33-20/h2-12H,28H2,1H3,(H,29,31). The molecule has 0 unspecified atom stereocenters. The van der Waals surface area contributed by atoms with Gasteiger partial charge in [-0.25, -0.2) is 9.37 Å². The predicted molar refractivity (Wildman–Crippen MR) is 139 cm³/mol. The lowest BCUT2D eigenvalue weighted by Gasteiger charge is -2.10. The monoisotopic (exact) mass is 509 g/mol. The summed E-state index contributed by atoms with van der Waals surface area (Å²) in [6, 6.07) is 17.0. The molecule has 0 saturated heterocycles. The Hall–Kier alpha value is -3.46. The van der Waals surface area contributed by atoms with Crippen molar-refractivity contribution in [2.24, 2.45) is 0 Å². The first kappa shape index (κ1) is 22.3. The summed E-state index contributed by atoms with van der Waals surface area (Å²) in [5.41, 5.74) is 9.57. The zero-order valence-electron chi connectivity index (χ0n) is 17.8. The van der Waals surface area contributed by atoms with E-state index >= 15 is 0 Å². The molecule has 3 N–H and O–H groups in total. The number of hydrogen-bond donors (Lipinski definition) is 2. The van der Waals surface area contributed by atoms with Crippen molar-refractivity contribution in [3.05, 3.63) is 81.8 Å². The minimum absolute atomic E-state index is 0.308. The Morgan fingerprint density at radius 2 is 1.94 bits per heavy atom. The normalized spacial score (nSPS) is 11.0. The number of nitrogens with one attached hydrogen (secondary N) is 1. The van der Waals surface area contributed by atoms with Gasteiger partial charge < -0.3 is 15.8 Å². The predicted octanol–water partition coefficient (Wildman–Crippen LogP) is 7.33. The van der Waals surface area contributed by atoms with Crippen LogP contribution in [0.25, 0.3) is 31.9 Å². The summed E-state index contributed by atoms with van der Waals surface area (Å²) < 4.78 is 18.9. The third-order valence-corrected chi connectivity index (χ3v) is 7.47. The Morgan fingerprint density at radius 3 is 2.65 bits per heavy atom. The van der Waals surface area contributed by atoms with Gasteiger partial charge in [0.15, 0.2) is 0 Å². The van der Waals surface area contributed by atoms with Gasteiger partial charge in [-0.05, 0) is 59.0 Å². The average molecular weight is 510 g/mol. The van der Waals surface area contributed by atoms with E-state index in [-0.39, 0.29) is 5.82 Å². The summed E-state index contributed by atoms with van der Waals surface area (Å²) in [5, 5.41) is 5.92. The van der Waals surface area contributed by atoms with Gasteiger partial charge in [0.2, 0.25) is 0 Å². The number of carbonyl (C=O) groups is 1. The van der Waals surface area contributed by atoms with E-state index in [1.54, 1.807) is 41.7 Å². The van der Waals surface area contributed by atoms with E-state index in [0.717, 1.165) is 21.7 Å². The van der Waals surface area contributed by atoms with Crippen molar-refractivity contribution in [3.8, 4) is 27.4 Å². The highest BCUT2D eigenvalue weighted by atomic mass is 35.5. The number of halogens is 2. The molecule has 3 heterocycles. The number of methoxy groups -OCH3 is 1. The Morgan fingerprint density at radius 1 is 1.15 bits per heavy atom. The van der Waals surface area contributed by atoms with E-state index in [1.807, 2.05) is 23.6 Å². The fraction of sp³-hybridized carbons (Fsp3) is 0.0400. The van der Waals surface area contributed by atoms with Crippen LogP contribution in [0.5, 0.6) is 5.75 Å². The molecule has 0 spiro atoms. The van der Waals surface area contributed by atoms with Crippen LogP contribution < -0.4 is 15.8 Å². The molecule has 3 aromatic heterocycles. The number of carbonyl (C=O) groups excluding carboxylic acids is 1. The third-order valence-electron chi connectivity index (χ3n) is 5.24. The summed E-state index contributed by atoms with van der Waals surface area (Å²) in [4.78, 5) is 19.9. The van der Waals surface area contributed by atoms with Crippen molar-refractivity contribution in [2.75, 3.05) is 18.2 Å². The smallest absolute Gasteiger partial charge is 0.268 e. The number of aromatic nitrogens is 1. The first-order valence-corrected chi connectivity index (χ1v) is 12.2. The van der Waals surface area contributed by atoms with Crippen LogP contribution in [-0.4, -0.2) is 18.0 Å². The number of fused-ring (bicyclic) bond motifs is 1. The lowest BCUT2D eigenvalue weighted by Crippen LogP contribution is -2.12. The molecule has 0 aliphatic heterocycles. The van der Waals surface area contributed by atoms with Crippen LogP contribution in [0.3, 0.4) is 0 Å². The molecule has 0 atom stereocenters. The van der Waals surface area contributed by atoms with Gasteiger partial charge in [0, 0.05) is 10.4 Å². The van der Waals surface area contributed by atoms with Crippen molar-refractivity contribution >= 4 is 61.8 Å². The number of hydrogen-bond acceptors (Lipinski definition) is 6. The van der Waals surface area contributed by atoms with Gasteiger partial charge in [-0.1, -0.05) is 29.8 Å². The number of nitrogen functional groups attached to an aromatic ring is 1. The second-order valence-electron chi connectivity index (χ2n) is 7.36. The number of nitrogens with two attached hydrogens (primary N) is 1. The fourth-order valence-electron chi connectivity index (χ4n) is 3.65. The van der Waals surface area contributed by atoms with Crippen LogP contribution in [0.15, 0.2) is 66.0 Å². The zero-order chi connectivity index (χ0) is 23.8. The Balaban J connectivity index is 1.65. The summed E-state index contributed by atoms with van der Waals surface area (Å²) in [7, 11) is 1.51. The molecule has 5 aromatic rings. The second-order valence-corrected chi connectivity index (χ2v) is 9.75. The molecule has 5 rings (SSSR count). The maximum Gasteiger partial charge on any atom is 0.268 e. The van der Waals surface area contributed by atoms with Crippen LogP contribution >= 0.6 is 34.3 Å². The molecule has 9 heteroatoms. The first-order valence-electron chi connectivity index (χ1n) is 10.1. The lowest BCUT2D eigenvalue weighted by atomic mass is 10.0. The van der Waals surface area contributed by atoms with Gasteiger partial charge in [-0.3, -0.25) is 4.79 Å². The van der Waals surface area contributed by atoms with Crippen molar-refractivity contribution in [1.82, 2.24) is 4.98 Å². The van der Waals surface area contributed by atoms with Crippen molar-refractivity contribution in [2.45, 2.75) is 0 Å². The quantitative estimate of drug-likeness (QED) is 0.260. The van der Waals surface area contributed by atoms with E-state index < -0.39 is 5.91 Å². The highest BCUT2D eigenvalue weighted by Crippen LogP contribution is 2.42. The largest absolute Gasteiger partial charge is 0.495 e. The topological polar surface area (TPSA) is 77.2 Å². The SMILES string of the molecule is COc1ccc(Cl)cc1NC(=O)c1sc2nc(-c3cccs3)cc(-c3ccc(F)cc3)c2c1N. The molecule has 0 aliphatic carbocycles. The highest BCUT2D eigenvalue weighted by molar-refractivity contribution is 7.21. The summed E-state index contributed by atoms with van der Waals surface area (Å²) >= 11 is 8.86. The number of thiophene rings is 2. The zero-order valence-corrected chi connectivity index (χ0v) is 20.2. The van der Waals surface area contributed by atoms with Crippen molar-refractivity contribution in [1.29, 1.82) is 0 Å². The van der Waals surface area contributed by atoms with Gasteiger partial charge in [0.25, 0.3) is 5.91 Å². The van der Waals surface area contributed by atoms with Crippen molar-refractivity contribution < 1.29 is 13.9 Å². The lowest BCUT2D eigenvalue weighted by molar-refractivity contribution is 0.103. The molecular formula is C25H17ClFN3O2S2. The number of pyridine rings is 1. The summed E-state index contributed by atoms with van der Waals surface area (Å²) in [5.74, 6) is -0.257. The van der Waals surface area contributed by atoms with Crippen LogP contribution in [0.4, 0.5) is 15.8 Å². The Labute approximate surface area is 207 Å². The fourth-order valence-corrected chi connectivity index (χ4v) is 5.53. The molecule has 2 aromatic carbocycles. The van der Waals surface area contributed by atoms with E-state index in [1.165, 1.54) is 30.6 Å². The van der Waals surface area contributed by atoms with E-state index in [0.29, 0.717) is 37.2 Å². The third kappa shape index (κ3) is 4.11. The number of amides is 1. The van der Waals surface area contributed by atoms with Crippen LogP contribution in [-0.2, 0) is 0 Å². The summed E-state index contributed by atoms with van der Waals surface area (Å²) in [6.45, 7) is 0. The molecule has 0 fully saturated rings. The Kier molecular flexibility index (Phi) is 5.95. The molecule has 34 heavy (non-hydrogen) atoms. The minimum atomic E-state index is -0.399. The van der Waals surface area contributed by atoms with E-state index in [4.69, 9.17) is 27.1 Å². The van der Waals surface area contributed by atoms with Gasteiger partial charge in [0.1, 0.15) is 21.3 Å². The number of anilines is 2. The first-order chi connectivity index (χ1) is 16.4. The minimum Gasteiger partial charge on any atom is -0.495 e. The molecule has 1 amide bonds. The molecule has 0 bridgehead atoms. The highest BCUT2D eigenvalue weighted by Gasteiger charge is 2.23. The molecule has 5 nitrogen and oxygen atoms in total. The molecule has 170 valence electrons. The second kappa shape index (κ2) is 9.06. The number of ether oxygens (including phenoxy) is 1. The maximum atomic E-state index is 13.6. The number of rotatable bonds is 5. The summed E-state index contributed by atoms with van der Waals surface area (Å²) in [6.07, 6.45) is 0. The van der Waals surface area contributed by atoms with E-state index in [9.17, 15) is 9.18 Å². The van der Waals surface area contributed by atoms with Gasteiger partial charge in [0.05, 0.1) is 29.1 Å². The molecule has 0 saturated carbocycles. The Bertz CT molecular complexity index is 1520. The van der Waals surface area contributed by atoms with Gasteiger partial charge in [-0.2, -0.15) is 0 Å². The molecular weight excluding hydrogens is 493 g/mol. The van der Waals surface area contributed by atoms with Crippen molar-refractivity contribution in [3.63, 3.8) is 0 Å². The molecule has 0 aliphatic rings.